The zero-order valence-electron chi connectivity index (χ0n) is 15.5. The van der Waals surface area contributed by atoms with Crippen LogP contribution in [0.25, 0.3) is 10.9 Å². The number of carbonyl (C=O) groups excluding carboxylic acids is 1. The lowest BCUT2D eigenvalue weighted by Crippen LogP contribution is -2.40. The second-order valence-corrected chi connectivity index (χ2v) is 8.95. The van der Waals surface area contributed by atoms with Crippen molar-refractivity contribution in [2.75, 3.05) is 6.54 Å². The minimum atomic E-state index is -3.98. The predicted molar refractivity (Wildman–Crippen MR) is 109 cm³/mol. The highest BCUT2D eigenvalue weighted by molar-refractivity contribution is 7.90. The maximum absolute atomic E-state index is 13.4. The van der Waals surface area contributed by atoms with Crippen LogP contribution in [0.4, 0.5) is 4.79 Å². The number of pyridine rings is 1. The topological polar surface area (TPSA) is 122 Å². The number of fused-ring (bicyclic) bond motifs is 1. The Hall–Kier alpha value is -3.11. The number of rotatable bonds is 5. The molecular formula is C19H17ClN4O5S. The van der Waals surface area contributed by atoms with E-state index in [1.807, 2.05) is 0 Å². The fourth-order valence-corrected chi connectivity index (χ4v) is 5.35. The monoisotopic (exact) mass is 448 g/mol. The van der Waals surface area contributed by atoms with Crippen LogP contribution in [0.2, 0.25) is 5.15 Å². The van der Waals surface area contributed by atoms with Crippen LogP contribution >= 0.6 is 11.6 Å². The van der Waals surface area contributed by atoms with E-state index in [2.05, 4.69) is 10.3 Å². The summed E-state index contributed by atoms with van der Waals surface area (Å²) >= 11 is 6.19. The molecule has 1 fully saturated rings. The fraction of sp³-hybridized carbons (Fsp3) is 0.211. The predicted octanol–water partition coefficient (Wildman–Crippen LogP) is 2.30. The molecule has 1 aliphatic heterocycles. The normalized spacial score (nSPS) is 16.9. The van der Waals surface area contributed by atoms with Crippen molar-refractivity contribution in [3.05, 3.63) is 59.5 Å². The molecule has 3 aromatic rings. The van der Waals surface area contributed by atoms with Gasteiger partial charge in [-0.2, -0.15) is 0 Å². The van der Waals surface area contributed by atoms with Gasteiger partial charge >= 0.3 is 6.09 Å². The van der Waals surface area contributed by atoms with E-state index in [9.17, 15) is 18.0 Å². The summed E-state index contributed by atoms with van der Waals surface area (Å²) in [6, 6.07) is 10.2. The van der Waals surface area contributed by atoms with Crippen molar-refractivity contribution < 1.29 is 23.1 Å². The molecule has 0 unspecified atom stereocenters. The van der Waals surface area contributed by atoms with E-state index in [4.69, 9.17) is 16.7 Å². The van der Waals surface area contributed by atoms with E-state index in [1.54, 1.807) is 30.3 Å². The third kappa shape index (κ3) is 3.48. The molecule has 0 aliphatic carbocycles. The van der Waals surface area contributed by atoms with E-state index in [1.165, 1.54) is 23.2 Å². The molecule has 0 bridgehead atoms. The van der Waals surface area contributed by atoms with Gasteiger partial charge in [0.2, 0.25) is 5.91 Å². The molecule has 30 heavy (non-hydrogen) atoms. The molecular weight excluding hydrogens is 432 g/mol. The van der Waals surface area contributed by atoms with Crippen molar-refractivity contribution in [2.24, 2.45) is 0 Å². The molecule has 0 saturated carbocycles. The average Bonchev–Trinajstić information content (AvgIpc) is 3.25. The number of benzene rings is 1. The van der Waals surface area contributed by atoms with E-state index < -0.39 is 28.1 Å². The minimum absolute atomic E-state index is 0.0201. The van der Waals surface area contributed by atoms with Gasteiger partial charge in [-0.05, 0) is 30.7 Å². The lowest BCUT2D eigenvalue weighted by molar-refractivity contribution is -0.129. The van der Waals surface area contributed by atoms with E-state index in [0.717, 1.165) is 3.97 Å². The van der Waals surface area contributed by atoms with Crippen molar-refractivity contribution in [3.63, 3.8) is 0 Å². The number of likely N-dealkylation sites (tertiary alicyclic amines) is 1. The maximum atomic E-state index is 13.4. The third-order valence-corrected chi connectivity index (χ3v) is 7.02. The minimum Gasteiger partial charge on any atom is -0.465 e. The van der Waals surface area contributed by atoms with Crippen molar-refractivity contribution in [2.45, 2.75) is 23.9 Å². The van der Waals surface area contributed by atoms with Crippen LogP contribution in [0.5, 0.6) is 0 Å². The Morgan fingerprint density at radius 2 is 2.00 bits per heavy atom. The molecule has 1 saturated heterocycles. The van der Waals surface area contributed by atoms with Gasteiger partial charge in [-0.25, -0.2) is 22.2 Å². The molecule has 0 spiro atoms. The molecule has 2 aromatic heterocycles. The Bertz CT molecular complexity index is 1240. The second-order valence-electron chi connectivity index (χ2n) is 6.80. The lowest BCUT2D eigenvalue weighted by atomic mass is 10.2. The largest absolute Gasteiger partial charge is 0.465 e. The standard InChI is InChI=1S/C19H17ClN4O5S/c20-17-14-10-12(11-23-9-7-15(18(23)25)22-19(26)27)24(16(14)6-8-21-17)30(28,29)13-4-2-1-3-5-13/h1-6,8,10,15,22H,7,9,11H2,(H,26,27)/t15-/m0/s1. The van der Waals surface area contributed by atoms with Gasteiger partial charge in [-0.15, -0.1) is 0 Å². The van der Waals surface area contributed by atoms with Crippen LogP contribution in [-0.4, -0.2) is 52.0 Å². The summed E-state index contributed by atoms with van der Waals surface area (Å²) in [6.45, 7) is 0.274. The maximum Gasteiger partial charge on any atom is 0.405 e. The van der Waals surface area contributed by atoms with Gasteiger partial charge in [0.25, 0.3) is 10.0 Å². The molecule has 1 aromatic carbocycles. The highest BCUT2D eigenvalue weighted by Gasteiger charge is 2.34. The fourth-order valence-electron chi connectivity index (χ4n) is 3.59. The van der Waals surface area contributed by atoms with Crippen LogP contribution in [0, 0.1) is 0 Å². The van der Waals surface area contributed by atoms with Crippen molar-refractivity contribution in [1.29, 1.82) is 0 Å². The molecule has 1 atom stereocenters. The molecule has 2 amide bonds. The van der Waals surface area contributed by atoms with E-state index in [0.29, 0.717) is 29.6 Å². The molecule has 0 radical (unpaired) electrons. The smallest absolute Gasteiger partial charge is 0.405 e. The van der Waals surface area contributed by atoms with Gasteiger partial charge in [0.15, 0.2) is 0 Å². The Kier molecular flexibility index (Phi) is 5.12. The summed E-state index contributed by atoms with van der Waals surface area (Å²) in [4.78, 5) is 29.0. The number of carboxylic acid groups (broad SMARTS) is 1. The first-order valence-corrected chi connectivity index (χ1v) is 10.8. The van der Waals surface area contributed by atoms with Gasteiger partial charge < -0.3 is 15.3 Å². The average molecular weight is 449 g/mol. The van der Waals surface area contributed by atoms with Gasteiger partial charge in [-0.1, -0.05) is 29.8 Å². The second kappa shape index (κ2) is 7.62. The Balaban J connectivity index is 1.79. The first kappa shape index (κ1) is 20.2. The Morgan fingerprint density at radius 1 is 1.27 bits per heavy atom. The molecule has 3 heterocycles. The van der Waals surface area contributed by atoms with E-state index in [-0.39, 0.29) is 16.6 Å². The van der Waals surface area contributed by atoms with Crippen LogP contribution in [0.15, 0.2) is 53.6 Å². The number of aromatic nitrogens is 2. The quantitative estimate of drug-likeness (QED) is 0.577. The highest BCUT2D eigenvalue weighted by atomic mass is 35.5. The van der Waals surface area contributed by atoms with Crippen LogP contribution in [0.3, 0.4) is 0 Å². The van der Waals surface area contributed by atoms with Gasteiger partial charge in [0.05, 0.1) is 22.7 Å². The first-order chi connectivity index (χ1) is 14.3. The number of hydrogen-bond acceptors (Lipinski definition) is 5. The van der Waals surface area contributed by atoms with Crippen LogP contribution in [0.1, 0.15) is 12.1 Å². The molecule has 11 heteroatoms. The molecule has 2 N–H and O–H groups in total. The van der Waals surface area contributed by atoms with Crippen LogP contribution < -0.4 is 5.32 Å². The molecule has 156 valence electrons. The number of hydrogen-bond donors (Lipinski definition) is 2. The number of nitrogens with zero attached hydrogens (tertiary/aromatic N) is 3. The summed E-state index contributed by atoms with van der Waals surface area (Å²) in [5.74, 6) is -0.407. The van der Waals surface area contributed by atoms with Crippen molar-refractivity contribution in [1.82, 2.24) is 19.2 Å². The number of amides is 2. The highest BCUT2D eigenvalue weighted by Crippen LogP contribution is 2.30. The van der Waals surface area contributed by atoms with Gasteiger partial charge in [-0.3, -0.25) is 4.79 Å². The van der Waals surface area contributed by atoms with Crippen molar-refractivity contribution in [3.8, 4) is 0 Å². The summed E-state index contributed by atoms with van der Waals surface area (Å²) < 4.78 is 28.0. The lowest BCUT2D eigenvalue weighted by Gasteiger charge is -2.19. The number of halogens is 1. The van der Waals surface area contributed by atoms with Gasteiger partial charge in [0.1, 0.15) is 11.2 Å². The van der Waals surface area contributed by atoms with Gasteiger partial charge in [0, 0.05) is 18.1 Å². The van der Waals surface area contributed by atoms with Crippen molar-refractivity contribution >= 4 is 44.5 Å². The zero-order chi connectivity index (χ0) is 21.5. The first-order valence-electron chi connectivity index (χ1n) is 9.03. The summed E-state index contributed by atoms with van der Waals surface area (Å²) in [7, 11) is -3.98. The SMILES string of the molecule is O=C(O)N[C@H]1CCN(Cc2cc3c(Cl)nccc3n2S(=O)(=O)c2ccccc2)C1=O. The number of nitrogens with one attached hydrogen (secondary N) is 1. The molecule has 4 rings (SSSR count). The molecule has 1 aliphatic rings. The zero-order valence-corrected chi connectivity index (χ0v) is 17.1. The summed E-state index contributed by atoms with van der Waals surface area (Å²) in [6.07, 6.45) is 0.437. The Morgan fingerprint density at radius 3 is 2.70 bits per heavy atom. The summed E-state index contributed by atoms with van der Waals surface area (Å²) in [5.41, 5.74) is 0.675. The Labute approximate surface area is 176 Å². The third-order valence-electron chi connectivity index (χ3n) is 4.94. The molecule has 9 nitrogen and oxygen atoms in total. The van der Waals surface area contributed by atoms with E-state index >= 15 is 0 Å². The number of carbonyl (C=O) groups is 2. The summed E-state index contributed by atoms with van der Waals surface area (Å²) in [5, 5.41) is 11.7. The van der Waals surface area contributed by atoms with Crippen LogP contribution in [-0.2, 0) is 21.4 Å².